The van der Waals surface area contributed by atoms with E-state index in [0.717, 1.165) is 4.68 Å². The van der Waals surface area contributed by atoms with E-state index < -0.39 is 23.8 Å². The highest BCUT2D eigenvalue weighted by atomic mass is 16.5. The Morgan fingerprint density at radius 3 is 2.74 bits per heavy atom. The maximum absolute atomic E-state index is 12.4. The van der Waals surface area contributed by atoms with Gasteiger partial charge in [-0.3, -0.25) is 4.79 Å². The van der Waals surface area contributed by atoms with Gasteiger partial charge in [-0.15, -0.1) is 4.68 Å². The monoisotopic (exact) mass is 369 g/mol. The van der Waals surface area contributed by atoms with E-state index in [1.807, 2.05) is 0 Å². The number of nitrogens with one attached hydrogen (secondary N) is 1. The average molecular weight is 369 g/mol. The smallest absolute Gasteiger partial charge is 0.349 e. The first-order chi connectivity index (χ1) is 13.0. The van der Waals surface area contributed by atoms with Crippen molar-refractivity contribution in [2.24, 2.45) is 5.10 Å². The van der Waals surface area contributed by atoms with Crippen LogP contribution in [0.5, 0.6) is 11.5 Å². The van der Waals surface area contributed by atoms with Crippen LogP contribution in [-0.4, -0.2) is 40.7 Å². The van der Waals surface area contributed by atoms with Gasteiger partial charge < -0.3 is 19.6 Å². The van der Waals surface area contributed by atoms with Crippen molar-refractivity contribution in [2.45, 2.75) is 0 Å². The molecule has 0 spiro atoms. The molecular weight excluding hydrogens is 354 g/mol. The third-order valence-electron chi connectivity index (χ3n) is 3.64. The first-order valence-corrected chi connectivity index (χ1v) is 7.80. The lowest BCUT2D eigenvalue weighted by Gasteiger charge is -2.09. The molecule has 0 fully saturated rings. The first kappa shape index (κ1) is 17.9. The van der Waals surface area contributed by atoms with Crippen LogP contribution in [0.15, 0.2) is 57.2 Å². The highest BCUT2D eigenvalue weighted by molar-refractivity contribution is 5.81. The standard InChI is InChI=1S/C18H15N3O6/c1-26-15-8-11(6-7-14(15)27-10-16(22)23)9-19-21-17(24)12-4-2-3-5-13(12)20-18(21)25/h2-9H,10H2,1H3,(H,20,25)(H,22,23). The van der Waals surface area contributed by atoms with Gasteiger partial charge in [0.25, 0.3) is 5.56 Å². The van der Waals surface area contributed by atoms with Crippen LogP contribution in [0.2, 0.25) is 0 Å². The van der Waals surface area contributed by atoms with E-state index in [9.17, 15) is 14.4 Å². The minimum absolute atomic E-state index is 0.248. The number of H-pyrrole nitrogens is 1. The minimum Gasteiger partial charge on any atom is -0.493 e. The van der Waals surface area contributed by atoms with E-state index in [1.54, 1.807) is 36.4 Å². The number of carboxylic acid groups (broad SMARTS) is 1. The number of nitrogens with zero attached hydrogens (tertiary/aromatic N) is 2. The summed E-state index contributed by atoms with van der Waals surface area (Å²) in [5.41, 5.74) is -0.253. The fourth-order valence-corrected chi connectivity index (χ4v) is 2.41. The molecule has 1 heterocycles. The fraction of sp³-hybridized carbons (Fsp3) is 0.111. The Kier molecular flexibility index (Phi) is 5.02. The number of para-hydroxylation sites is 1. The van der Waals surface area contributed by atoms with E-state index in [-0.39, 0.29) is 5.75 Å². The fourth-order valence-electron chi connectivity index (χ4n) is 2.41. The molecule has 2 N–H and O–H groups in total. The molecule has 0 saturated carbocycles. The Balaban J connectivity index is 1.94. The zero-order chi connectivity index (χ0) is 19.4. The van der Waals surface area contributed by atoms with Crippen molar-refractivity contribution in [1.82, 2.24) is 9.66 Å². The zero-order valence-corrected chi connectivity index (χ0v) is 14.2. The molecule has 0 aliphatic carbocycles. The molecular formula is C18H15N3O6. The molecule has 138 valence electrons. The van der Waals surface area contributed by atoms with Gasteiger partial charge in [0.1, 0.15) is 0 Å². The van der Waals surface area contributed by atoms with Gasteiger partial charge in [0, 0.05) is 0 Å². The van der Waals surface area contributed by atoms with Crippen molar-refractivity contribution in [3.63, 3.8) is 0 Å². The number of carboxylic acids is 1. The number of aromatic nitrogens is 2. The summed E-state index contributed by atoms with van der Waals surface area (Å²) in [6.07, 6.45) is 1.31. The summed E-state index contributed by atoms with van der Waals surface area (Å²) in [5.74, 6) is -0.574. The number of benzene rings is 2. The van der Waals surface area contributed by atoms with Gasteiger partial charge in [-0.1, -0.05) is 12.1 Å². The molecule has 1 aromatic heterocycles. The van der Waals surface area contributed by atoms with Gasteiger partial charge >= 0.3 is 11.7 Å². The lowest BCUT2D eigenvalue weighted by atomic mass is 10.2. The van der Waals surface area contributed by atoms with E-state index in [0.29, 0.717) is 22.2 Å². The summed E-state index contributed by atoms with van der Waals surface area (Å²) in [4.78, 5) is 37.7. The van der Waals surface area contributed by atoms with Crippen molar-refractivity contribution in [3.8, 4) is 11.5 Å². The molecule has 3 aromatic rings. The van der Waals surface area contributed by atoms with Gasteiger partial charge in [-0.2, -0.15) is 5.10 Å². The van der Waals surface area contributed by atoms with Crippen molar-refractivity contribution >= 4 is 23.1 Å². The number of hydrogen-bond donors (Lipinski definition) is 2. The molecule has 0 atom stereocenters. The number of rotatable bonds is 6. The lowest BCUT2D eigenvalue weighted by Crippen LogP contribution is -2.32. The third kappa shape index (κ3) is 3.87. The van der Waals surface area contributed by atoms with Crippen molar-refractivity contribution < 1.29 is 19.4 Å². The molecule has 9 nitrogen and oxygen atoms in total. The molecule has 9 heteroatoms. The second kappa shape index (κ2) is 7.56. The zero-order valence-electron chi connectivity index (χ0n) is 14.2. The average Bonchev–Trinajstić information content (AvgIpc) is 2.66. The highest BCUT2D eigenvalue weighted by Gasteiger charge is 2.08. The number of methoxy groups -OCH3 is 1. The second-order valence-electron chi connectivity index (χ2n) is 5.43. The summed E-state index contributed by atoms with van der Waals surface area (Å²) in [6.45, 7) is -0.508. The van der Waals surface area contributed by atoms with E-state index >= 15 is 0 Å². The summed E-state index contributed by atoms with van der Waals surface area (Å²) in [5, 5.41) is 13.0. The number of hydrogen-bond acceptors (Lipinski definition) is 6. The second-order valence-corrected chi connectivity index (χ2v) is 5.43. The molecule has 3 rings (SSSR count). The van der Waals surface area contributed by atoms with Crippen LogP contribution in [-0.2, 0) is 4.79 Å². The molecule has 0 amide bonds. The van der Waals surface area contributed by atoms with Crippen molar-refractivity contribution in [3.05, 3.63) is 68.9 Å². The minimum atomic E-state index is -1.11. The van der Waals surface area contributed by atoms with E-state index in [1.165, 1.54) is 19.4 Å². The Hall–Kier alpha value is -3.88. The van der Waals surface area contributed by atoms with Crippen LogP contribution < -0.4 is 20.7 Å². The Morgan fingerprint density at radius 1 is 1.22 bits per heavy atom. The van der Waals surface area contributed by atoms with Gasteiger partial charge in [-0.25, -0.2) is 9.59 Å². The van der Waals surface area contributed by atoms with Crippen LogP contribution in [0.3, 0.4) is 0 Å². The SMILES string of the molecule is COc1cc(C=Nn2c(=O)[nH]c3ccccc3c2=O)ccc1OCC(=O)O. The Labute approximate surface area is 152 Å². The molecule has 0 aliphatic rings. The van der Waals surface area contributed by atoms with Crippen molar-refractivity contribution in [1.29, 1.82) is 0 Å². The van der Waals surface area contributed by atoms with Gasteiger partial charge in [0.05, 0.1) is 24.2 Å². The molecule has 0 bridgehead atoms. The Morgan fingerprint density at radius 2 is 2.00 bits per heavy atom. The van der Waals surface area contributed by atoms with E-state index in [2.05, 4.69) is 10.1 Å². The van der Waals surface area contributed by atoms with Gasteiger partial charge in [0.15, 0.2) is 18.1 Å². The summed E-state index contributed by atoms with van der Waals surface area (Å²) < 4.78 is 11.0. The summed E-state index contributed by atoms with van der Waals surface area (Å²) in [6, 6.07) is 11.3. The van der Waals surface area contributed by atoms with Crippen LogP contribution >= 0.6 is 0 Å². The van der Waals surface area contributed by atoms with Crippen LogP contribution in [0.1, 0.15) is 5.56 Å². The largest absolute Gasteiger partial charge is 0.493 e. The van der Waals surface area contributed by atoms with Gasteiger partial charge in [-0.05, 0) is 35.9 Å². The highest BCUT2D eigenvalue weighted by Crippen LogP contribution is 2.27. The molecule has 2 aromatic carbocycles. The van der Waals surface area contributed by atoms with Crippen LogP contribution in [0.4, 0.5) is 0 Å². The molecule has 0 saturated heterocycles. The maximum atomic E-state index is 12.4. The number of carbonyl (C=O) groups is 1. The number of aromatic amines is 1. The van der Waals surface area contributed by atoms with Crippen LogP contribution in [0.25, 0.3) is 10.9 Å². The van der Waals surface area contributed by atoms with Gasteiger partial charge in [0.2, 0.25) is 0 Å². The first-order valence-electron chi connectivity index (χ1n) is 7.80. The summed E-state index contributed by atoms with van der Waals surface area (Å²) in [7, 11) is 1.41. The lowest BCUT2D eigenvalue weighted by molar-refractivity contribution is -0.139. The topological polar surface area (TPSA) is 123 Å². The maximum Gasteiger partial charge on any atom is 0.349 e. The van der Waals surface area contributed by atoms with E-state index in [4.69, 9.17) is 14.6 Å². The summed E-state index contributed by atoms with van der Waals surface area (Å²) >= 11 is 0. The number of aliphatic carboxylic acids is 1. The van der Waals surface area contributed by atoms with Crippen LogP contribution in [0, 0.1) is 0 Å². The molecule has 0 aliphatic heterocycles. The number of fused-ring (bicyclic) bond motifs is 1. The predicted octanol–water partition coefficient (Wildman–Crippen LogP) is 1.04. The quantitative estimate of drug-likeness (QED) is 0.626. The molecule has 0 radical (unpaired) electrons. The Bertz CT molecular complexity index is 1150. The third-order valence-corrected chi connectivity index (χ3v) is 3.64. The normalized spacial score (nSPS) is 11.0. The molecule has 27 heavy (non-hydrogen) atoms. The van der Waals surface area contributed by atoms with Crippen molar-refractivity contribution in [2.75, 3.05) is 13.7 Å². The predicted molar refractivity (Wildman–Crippen MR) is 97.9 cm³/mol. The number of ether oxygens (including phenoxy) is 2. The molecule has 0 unspecified atom stereocenters.